The molecular formula is C11H12FNO. The lowest BCUT2D eigenvalue weighted by molar-refractivity contribution is 0.216. The zero-order valence-electron chi connectivity index (χ0n) is 8.25. The molecule has 0 aliphatic carbocycles. The van der Waals surface area contributed by atoms with Gasteiger partial charge in [0.25, 0.3) is 0 Å². The minimum atomic E-state index is -0.389. The van der Waals surface area contributed by atoms with Gasteiger partial charge in [0.1, 0.15) is 6.10 Å². The largest absolute Gasteiger partial charge is 0.487 e. The first-order valence-corrected chi connectivity index (χ1v) is 4.43. The smallest absolute Gasteiger partial charge is 0.165 e. The molecule has 2 nitrogen and oxygen atoms in total. The summed E-state index contributed by atoms with van der Waals surface area (Å²) >= 11 is 0. The molecule has 14 heavy (non-hydrogen) atoms. The van der Waals surface area contributed by atoms with Crippen molar-refractivity contribution in [3.63, 3.8) is 0 Å². The molecule has 0 fully saturated rings. The first kappa shape index (κ1) is 10.5. The summed E-state index contributed by atoms with van der Waals surface area (Å²) in [5, 5.41) is 8.41. The van der Waals surface area contributed by atoms with Crippen LogP contribution in [0.1, 0.15) is 18.9 Å². The van der Waals surface area contributed by atoms with Crippen LogP contribution < -0.4 is 4.74 Å². The molecule has 0 amide bonds. The van der Waals surface area contributed by atoms with E-state index in [2.05, 4.69) is 0 Å². The van der Waals surface area contributed by atoms with Gasteiger partial charge in [-0.05, 0) is 31.5 Å². The summed E-state index contributed by atoms with van der Waals surface area (Å²) in [5.41, 5.74) is 0.936. The van der Waals surface area contributed by atoms with Crippen molar-refractivity contribution < 1.29 is 9.13 Å². The van der Waals surface area contributed by atoms with E-state index < -0.39 is 0 Å². The normalized spacial score (nSPS) is 11.9. The fraction of sp³-hybridized carbons (Fsp3) is 0.364. The summed E-state index contributed by atoms with van der Waals surface area (Å²) in [6.07, 6.45) is -0.0239. The van der Waals surface area contributed by atoms with Gasteiger partial charge < -0.3 is 4.74 Å². The fourth-order valence-corrected chi connectivity index (χ4v) is 1.09. The van der Waals surface area contributed by atoms with Crippen molar-refractivity contribution in [1.29, 1.82) is 5.26 Å². The van der Waals surface area contributed by atoms with Crippen molar-refractivity contribution >= 4 is 0 Å². The van der Waals surface area contributed by atoms with Gasteiger partial charge in [0.2, 0.25) is 0 Å². The molecule has 1 aromatic rings. The van der Waals surface area contributed by atoms with E-state index in [9.17, 15) is 4.39 Å². The molecule has 0 aromatic heterocycles. The van der Waals surface area contributed by atoms with Crippen LogP contribution in [0.3, 0.4) is 0 Å². The monoisotopic (exact) mass is 193 g/mol. The van der Waals surface area contributed by atoms with Crippen molar-refractivity contribution in [3.8, 4) is 11.8 Å². The van der Waals surface area contributed by atoms with Gasteiger partial charge in [-0.3, -0.25) is 0 Å². The summed E-state index contributed by atoms with van der Waals surface area (Å²) in [6.45, 7) is 3.60. The molecule has 0 bridgehead atoms. The summed E-state index contributed by atoms with van der Waals surface area (Å²) in [6, 6.07) is 6.65. The molecule has 0 N–H and O–H groups in total. The Morgan fingerprint density at radius 2 is 2.29 bits per heavy atom. The first-order chi connectivity index (χ1) is 6.63. The molecule has 1 unspecified atom stereocenters. The van der Waals surface area contributed by atoms with Crippen LogP contribution in [0.15, 0.2) is 18.2 Å². The lowest BCUT2D eigenvalue weighted by atomic mass is 10.2. The summed E-state index contributed by atoms with van der Waals surface area (Å²) in [4.78, 5) is 0. The zero-order valence-corrected chi connectivity index (χ0v) is 8.25. The third kappa shape index (κ3) is 2.74. The lowest BCUT2D eigenvalue weighted by Crippen LogP contribution is -2.11. The maximum absolute atomic E-state index is 13.2. The molecule has 0 saturated heterocycles. The minimum absolute atomic E-state index is 0.216. The first-order valence-electron chi connectivity index (χ1n) is 4.43. The van der Waals surface area contributed by atoms with Crippen LogP contribution in [0.25, 0.3) is 0 Å². The quantitative estimate of drug-likeness (QED) is 0.739. The van der Waals surface area contributed by atoms with Crippen LogP contribution in [-0.2, 0) is 0 Å². The molecule has 0 aliphatic heterocycles. The second-order valence-corrected chi connectivity index (χ2v) is 3.22. The van der Waals surface area contributed by atoms with Gasteiger partial charge in [0, 0.05) is 0 Å². The van der Waals surface area contributed by atoms with Gasteiger partial charge in [-0.25, -0.2) is 4.39 Å². The van der Waals surface area contributed by atoms with Crippen LogP contribution in [0.5, 0.6) is 5.75 Å². The van der Waals surface area contributed by atoms with Crippen molar-refractivity contribution in [2.45, 2.75) is 26.4 Å². The number of halogens is 1. The minimum Gasteiger partial charge on any atom is -0.487 e. The van der Waals surface area contributed by atoms with E-state index in [-0.39, 0.29) is 24.1 Å². The van der Waals surface area contributed by atoms with Crippen molar-refractivity contribution in [2.75, 3.05) is 0 Å². The molecule has 1 atom stereocenters. The molecular weight excluding hydrogens is 181 g/mol. The zero-order chi connectivity index (χ0) is 10.6. The molecule has 0 radical (unpaired) electrons. The highest BCUT2D eigenvalue weighted by Gasteiger charge is 2.07. The number of hydrogen-bond acceptors (Lipinski definition) is 2. The highest BCUT2D eigenvalue weighted by Crippen LogP contribution is 2.20. The van der Waals surface area contributed by atoms with E-state index >= 15 is 0 Å². The number of ether oxygens (including phenoxy) is 1. The lowest BCUT2D eigenvalue weighted by Gasteiger charge is -2.12. The standard InChI is InChI=1S/C11H12FNO/c1-8-3-4-10(12)11(7-8)14-9(2)5-6-13/h3-4,7,9H,5H2,1-2H3. The molecule has 0 saturated carbocycles. The third-order valence-electron chi connectivity index (χ3n) is 1.79. The van der Waals surface area contributed by atoms with Crippen molar-refractivity contribution in [3.05, 3.63) is 29.6 Å². The van der Waals surface area contributed by atoms with E-state index in [0.717, 1.165) is 5.56 Å². The number of aryl methyl sites for hydroxylation is 1. The van der Waals surface area contributed by atoms with Gasteiger partial charge in [-0.1, -0.05) is 6.07 Å². The Labute approximate surface area is 82.9 Å². The molecule has 0 aliphatic rings. The van der Waals surface area contributed by atoms with E-state index in [4.69, 9.17) is 10.00 Å². The maximum Gasteiger partial charge on any atom is 0.165 e. The molecule has 0 heterocycles. The average Bonchev–Trinajstić information content (AvgIpc) is 2.12. The SMILES string of the molecule is Cc1ccc(F)c(OC(C)CC#N)c1. The number of nitrogens with zero attached hydrogens (tertiary/aromatic N) is 1. The van der Waals surface area contributed by atoms with E-state index in [1.165, 1.54) is 6.07 Å². The Hall–Kier alpha value is -1.56. The van der Waals surface area contributed by atoms with Crippen LogP contribution in [0.2, 0.25) is 0 Å². The third-order valence-corrected chi connectivity index (χ3v) is 1.79. The molecule has 1 rings (SSSR count). The van der Waals surface area contributed by atoms with Crippen LogP contribution >= 0.6 is 0 Å². The predicted octanol–water partition coefficient (Wildman–Crippen LogP) is 2.82. The topological polar surface area (TPSA) is 33.0 Å². The van der Waals surface area contributed by atoms with Gasteiger partial charge in [0.15, 0.2) is 11.6 Å². The van der Waals surface area contributed by atoms with Crippen LogP contribution in [0.4, 0.5) is 4.39 Å². The average molecular weight is 193 g/mol. The Morgan fingerprint density at radius 1 is 1.57 bits per heavy atom. The summed E-state index contributed by atoms with van der Waals surface area (Å²) in [7, 11) is 0. The number of nitriles is 1. The second-order valence-electron chi connectivity index (χ2n) is 3.22. The Bertz CT molecular complexity index is 357. The van der Waals surface area contributed by atoms with Crippen molar-refractivity contribution in [1.82, 2.24) is 0 Å². The Morgan fingerprint density at radius 3 is 2.93 bits per heavy atom. The fourth-order valence-electron chi connectivity index (χ4n) is 1.09. The Balaban J connectivity index is 2.76. The Kier molecular flexibility index (Phi) is 3.47. The molecule has 0 spiro atoms. The number of hydrogen-bond donors (Lipinski definition) is 0. The van der Waals surface area contributed by atoms with E-state index in [0.29, 0.717) is 0 Å². The van der Waals surface area contributed by atoms with Gasteiger partial charge in [-0.2, -0.15) is 5.26 Å². The number of benzene rings is 1. The highest BCUT2D eigenvalue weighted by atomic mass is 19.1. The molecule has 3 heteroatoms. The maximum atomic E-state index is 13.2. The summed E-state index contributed by atoms with van der Waals surface area (Å²) in [5.74, 6) is -0.173. The van der Waals surface area contributed by atoms with Crippen LogP contribution in [-0.4, -0.2) is 6.10 Å². The van der Waals surface area contributed by atoms with Gasteiger partial charge >= 0.3 is 0 Å². The predicted molar refractivity (Wildman–Crippen MR) is 51.5 cm³/mol. The van der Waals surface area contributed by atoms with Gasteiger partial charge in [-0.15, -0.1) is 0 Å². The van der Waals surface area contributed by atoms with Gasteiger partial charge in [0.05, 0.1) is 12.5 Å². The van der Waals surface area contributed by atoms with E-state index in [1.807, 2.05) is 13.0 Å². The molecule has 1 aromatic carbocycles. The van der Waals surface area contributed by atoms with Crippen LogP contribution in [0, 0.1) is 24.1 Å². The van der Waals surface area contributed by atoms with Crippen molar-refractivity contribution in [2.24, 2.45) is 0 Å². The molecule has 74 valence electrons. The van der Waals surface area contributed by atoms with E-state index in [1.54, 1.807) is 19.1 Å². The number of rotatable bonds is 3. The summed E-state index contributed by atoms with van der Waals surface area (Å²) < 4.78 is 18.4. The second kappa shape index (κ2) is 4.61. The highest BCUT2D eigenvalue weighted by molar-refractivity contribution is 5.29.